The van der Waals surface area contributed by atoms with Crippen molar-refractivity contribution in [3.8, 4) is 11.5 Å². The van der Waals surface area contributed by atoms with Gasteiger partial charge >= 0.3 is 6.09 Å². The van der Waals surface area contributed by atoms with Crippen LogP contribution in [0.1, 0.15) is 30.1 Å². The first-order valence-corrected chi connectivity index (χ1v) is 7.79. The Hall–Kier alpha value is -2.44. The zero-order chi connectivity index (χ0) is 16.2. The predicted molar refractivity (Wildman–Crippen MR) is 81.6 cm³/mol. The average molecular weight is 320 g/mol. The molecule has 0 unspecified atom stereocenters. The lowest BCUT2D eigenvalue weighted by Gasteiger charge is -2.31. The number of likely N-dealkylation sites (tertiary alicyclic amines) is 1. The molecule has 23 heavy (non-hydrogen) atoms. The Bertz CT molecular complexity index is 596. The van der Waals surface area contributed by atoms with E-state index in [1.807, 2.05) is 0 Å². The molecule has 0 aromatic heterocycles. The summed E-state index contributed by atoms with van der Waals surface area (Å²) < 4.78 is 15.5. The van der Waals surface area contributed by atoms with Gasteiger partial charge in [-0.25, -0.2) is 4.79 Å². The molecule has 0 atom stereocenters. The summed E-state index contributed by atoms with van der Waals surface area (Å²) >= 11 is 0. The molecular formula is C16H20N2O5. The van der Waals surface area contributed by atoms with Crippen LogP contribution in [0.2, 0.25) is 0 Å². The molecule has 1 saturated heterocycles. The van der Waals surface area contributed by atoms with Gasteiger partial charge in [0, 0.05) is 24.7 Å². The number of carbonyl (C=O) groups is 2. The van der Waals surface area contributed by atoms with Crippen molar-refractivity contribution in [2.75, 3.05) is 26.5 Å². The minimum absolute atomic E-state index is 0.0543. The molecular weight excluding hydrogens is 300 g/mol. The molecule has 1 aromatic carbocycles. The van der Waals surface area contributed by atoms with Crippen molar-refractivity contribution >= 4 is 12.0 Å². The van der Waals surface area contributed by atoms with Crippen LogP contribution in [-0.2, 0) is 4.74 Å². The minimum atomic E-state index is -0.284. The Kier molecular flexibility index (Phi) is 4.55. The summed E-state index contributed by atoms with van der Waals surface area (Å²) in [5.74, 6) is 1.11. The van der Waals surface area contributed by atoms with Crippen LogP contribution in [0.3, 0.4) is 0 Å². The van der Waals surface area contributed by atoms with Crippen molar-refractivity contribution in [3.05, 3.63) is 23.8 Å². The zero-order valence-electron chi connectivity index (χ0n) is 13.0. The number of fused-ring (bicyclic) bond motifs is 1. The second-order valence-electron chi connectivity index (χ2n) is 5.50. The summed E-state index contributed by atoms with van der Waals surface area (Å²) in [7, 11) is 0. The molecule has 2 aliphatic rings. The van der Waals surface area contributed by atoms with Gasteiger partial charge in [-0.15, -0.1) is 0 Å². The van der Waals surface area contributed by atoms with Gasteiger partial charge in [0.15, 0.2) is 11.5 Å². The monoisotopic (exact) mass is 320 g/mol. The van der Waals surface area contributed by atoms with Gasteiger partial charge in [0.05, 0.1) is 6.61 Å². The number of ether oxygens (including phenoxy) is 3. The Labute approximate surface area is 134 Å². The largest absolute Gasteiger partial charge is 0.454 e. The van der Waals surface area contributed by atoms with Gasteiger partial charge in [-0.2, -0.15) is 0 Å². The molecule has 0 aliphatic carbocycles. The molecule has 124 valence electrons. The number of nitrogens with one attached hydrogen (secondary N) is 1. The van der Waals surface area contributed by atoms with Gasteiger partial charge in [-0.3, -0.25) is 4.79 Å². The second-order valence-corrected chi connectivity index (χ2v) is 5.50. The van der Waals surface area contributed by atoms with E-state index < -0.39 is 0 Å². The van der Waals surface area contributed by atoms with E-state index in [0.717, 1.165) is 12.8 Å². The van der Waals surface area contributed by atoms with Gasteiger partial charge in [-0.1, -0.05) is 0 Å². The van der Waals surface area contributed by atoms with Gasteiger partial charge in [0.25, 0.3) is 5.91 Å². The van der Waals surface area contributed by atoms with E-state index >= 15 is 0 Å². The SMILES string of the molecule is CCOC(=O)N1CCC(NC(=O)c2ccc3c(c2)OCO3)CC1. The van der Waals surface area contributed by atoms with E-state index in [-0.39, 0.29) is 24.8 Å². The van der Waals surface area contributed by atoms with Crippen LogP contribution in [0.4, 0.5) is 4.79 Å². The van der Waals surface area contributed by atoms with Crippen molar-refractivity contribution in [2.45, 2.75) is 25.8 Å². The molecule has 3 rings (SSSR count). The number of piperidine rings is 1. The maximum atomic E-state index is 12.3. The Balaban J connectivity index is 1.52. The third kappa shape index (κ3) is 3.49. The van der Waals surface area contributed by atoms with E-state index in [2.05, 4.69) is 5.32 Å². The summed E-state index contributed by atoms with van der Waals surface area (Å²) in [6.45, 7) is 3.53. The van der Waals surface area contributed by atoms with Crippen molar-refractivity contribution in [1.29, 1.82) is 0 Å². The number of rotatable bonds is 3. The lowest BCUT2D eigenvalue weighted by Crippen LogP contribution is -2.46. The van der Waals surface area contributed by atoms with Crippen LogP contribution in [0.15, 0.2) is 18.2 Å². The standard InChI is InChI=1S/C16H20N2O5/c1-2-21-16(20)18-7-5-12(6-8-18)17-15(19)11-3-4-13-14(9-11)23-10-22-13/h3-4,9,12H,2,5-8,10H2,1H3,(H,17,19). The van der Waals surface area contributed by atoms with Crippen LogP contribution in [0.5, 0.6) is 11.5 Å². The highest BCUT2D eigenvalue weighted by Crippen LogP contribution is 2.32. The zero-order valence-corrected chi connectivity index (χ0v) is 13.0. The Morgan fingerprint density at radius 2 is 2.00 bits per heavy atom. The van der Waals surface area contributed by atoms with Crippen LogP contribution in [-0.4, -0.2) is 49.4 Å². The van der Waals surface area contributed by atoms with Crippen molar-refractivity contribution < 1.29 is 23.8 Å². The summed E-state index contributed by atoms with van der Waals surface area (Å²) in [5, 5.41) is 3.00. The van der Waals surface area contributed by atoms with Crippen LogP contribution >= 0.6 is 0 Å². The highest BCUT2D eigenvalue weighted by atomic mass is 16.7. The van der Waals surface area contributed by atoms with Crippen molar-refractivity contribution in [2.24, 2.45) is 0 Å². The topological polar surface area (TPSA) is 77.1 Å². The second kappa shape index (κ2) is 6.76. The van der Waals surface area contributed by atoms with Crippen molar-refractivity contribution in [3.63, 3.8) is 0 Å². The van der Waals surface area contributed by atoms with Gasteiger partial charge in [0.2, 0.25) is 6.79 Å². The third-order valence-corrected chi connectivity index (χ3v) is 3.99. The fourth-order valence-corrected chi connectivity index (χ4v) is 2.73. The van der Waals surface area contributed by atoms with Gasteiger partial charge in [-0.05, 0) is 38.0 Å². The molecule has 2 aliphatic heterocycles. The minimum Gasteiger partial charge on any atom is -0.454 e. The smallest absolute Gasteiger partial charge is 0.409 e. The number of carbonyl (C=O) groups excluding carboxylic acids is 2. The molecule has 0 bridgehead atoms. The maximum Gasteiger partial charge on any atom is 0.409 e. The number of hydrogen-bond donors (Lipinski definition) is 1. The molecule has 7 nitrogen and oxygen atoms in total. The fourth-order valence-electron chi connectivity index (χ4n) is 2.73. The fraction of sp³-hybridized carbons (Fsp3) is 0.500. The molecule has 2 amide bonds. The lowest BCUT2D eigenvalue weighted by atomic mass is 10.0. The first-order valence-electron chi connectivity index (χ1n) is 7.79. The van der Waals surface area contributed by atoms with E-state index in [4.69, 9.17) is 14.2 Å². The van der Waals surface area contributed by atoms with Crippen LogP contribution in [0, 0.1) is 0 Å². The van der Waals surface area contributed by atoms with E-state index in [0.29, 0.717) is 36.8 Å². The summed E-state index contributed by atoms with van der Waals surface area (Å²) in [6, 6.07) is 5.20. The molecule has 1 N–H and O–H groups in total. The van der Waals surface area contributed by atoms with E-state index in [9.17, 15) is 9.59 Å². The normalized spacial score (nSPS) is 17.0. The predicted octanol–water partition coefficient (Wildman–Crippen LogP) is 1.77. The Morgan fingerprint density at radius 1 is 1.26 bits per heavy atom. The summed E-state index contributed by atoms with van der Waals surface area (Å²) in [5.41, 5.74) is 0.544. The lowest BCUT2D eigenvalue weighted by molar-refractivity contribution is 0.0859. The van der Waals surface area contributed by atoms with Crippen LogP contribution in [0.25, 0.3) is 0 Å². The van der Waals surface area contributed by atoms with E-state index in [1.165, 1.54) is 0 Å². The van der Waals surface area contributed by atoms with Crippen LogP contribution < -0.4 is 14.8 Å². The Morgan fingerprint density at radius 3 is 2.74 bits per heavy atom. The first kappa shape index (κ1) is 15.5. The molecule has 0 spiro atoms. The van der Waals surface area contributed by atoms with Crippen molar-refractivity contribution in [1.82, 2.24) is 10.2 Å². The number of amides is 2. The molecule has 0 saturated carbocycles. The molecule has 1 aromatic rings. The third-order valence-electron chi connectivity index (χ3n) is 3.99. The highest BCUT2D eigenvalue weighted by molar-refractivity contribution is 5.95. The summed E-state index contributed by atoms with van der Waals surface area (Å²) in [4.78, 5) is 25.6. The average Bonchev–Trinajstić information content (AvgIpc) is 3.03. The van der Waals surface area contributed by atoms with Gasteiger partial charge in [0.1, 0.15) is 0 Å². The van der Waals surface area contributed by atoms with Gasteiger partial charge < -0.3 is 24.4 Å². The molecule has 7 heteroatoms. The number of nitrogens with zero attached hydrogens (tertiary/aromatic N) is 1. The number of benzene rings is 1. The first-order chi connectivity index (χ1) is 11.2. The quantitative estimate of drug-likeness (QED) is 0.918. The molecule has 0 radical (unpaired) electrons. The van der Waals surface area contributed by atoms with E-state index in [1.54, 1.807) is 30.0 Å². The number of hydrogen-bond acceptors (Lipinski definition) is 5. The summed E-state index contributed by atoms with van der Waals surface area (Å²) in [6.07, 6.45) is 1.15. The molecule has 2 heterocycles. The maximum absolute atomic E-state index is 12.3. The molecule has 1 fully saturated rings. The highest BCUT2D eigenvalue weighted by Gasteiger charge is 2.25.